The maximum atomic E-state index is 12.0. The maximum Gasteiger partial charge on any atom is 0.317 e. The van der Waals surface area contributed by atoms with E-state index in [0.29, 0.717) is 32.5 Å². The fraction of sp³-hybridized carbons (Fsp3) is 0.500. The number of urea groups is 1. The number of carbonyl (C=O) groups is 2. The fourth-order valence-electron chi connectivity index (χ4n) is 2.29. The van der Waals surface area contributed by atoms with Crippen molar-refractivity contribution >= 4 is 23.8 Å². The van der Waals surface area contributed by atoms with Gasteiger partial charge in [-0.3, -0.25) is 4.79 Å². The van der Waals surface area contributed by atoms with Crippen LogP contribution in [0.1, 0.15) is 18.4 Å². The fourth-order valence-corrected chi connectivity index (χ4v) is 2.73. The van der Waals surface area contributed by atoms with Crippen LogP contribution in [0.5, 0.6) is 0 Å². The highest BCUT2D eigenvalue weighted by atomic mass is 32.2. The molecule has 0 aromatic carbocycles. The molecule has 1 fully saturated rings. The van der Waals surface area contributed by atoms with E-state index in [-0.39, 0.29) is 11.9 Å². The van der Waals surface area contributed by atoms with E-state index in [0.717, 1.165) is 10.6 Å². The van der Waals surface area contributed by atoms with Crippen molar-refractivity contribution in [2.75, 3.05) is 19.3 Å². The molecule has 6 nitrogen and oxygen atoms in total. The molecule has 0 aliphatic carbocycles. The standard InChI is InChI=1S/C14H19N3O3S/c1-21-12-8-10(2-5-15-12)9-16-14(20)17-6-3-11(4-7-17)13(18)19/h2,5,8,11H,3-4,6-7,9H2,1H3,(H,16,20)(H,18,19). The summed E-state index contributed by atoms with van der Waals surface area (Å²) in [5, 5.41) is 12.7. The summed E-state index contributed by atoms with van der Waals surface area (Å²) in [6.45, 7) is 1.44. The highest BCUT2D eigenvalue weighted by molar-refractivity contribution is 7.98. The maximum absolute atomic E-state index is 12.0. The number of likely N-dealkylation sites (tertiary alicyclic amines) is 1. The van der Waals surface area contributed by atoms with Gasteiger partial charge >= 0.3 is 12.0 Å². The lowest BCUT2D eigenvalue weighted by Gasteiger charge is -2.30. The largest absolute Gasteiger partial charge is 0.481 e. The van der Waals surface area contributed by atoms with Gasteiger partial charge in [0.15, 0.2) is 0 Å². The van der Waals surface area contributed by atoms with Gasteiger partial charge in [0.1, 0.15) is 0 Å². The number of amides is 2. The summed E-state index contributed by atoms with van der Waals surface area (Å²) in [5.74, 6) is -1.09. The lowest BCUT2D eigenvalue weighted by molar-refractivity contribution is -0.143. The van der Waals surface area contributed by atoms with E-state index in [4.69, 9.17) is 5.11 Å². The molecule has 2 amide bonds. The minimum atomic E-state index is -0.767. The zero-order valence-electron chi connectivity index (χ0n) is 11.9. The van der Waals surface area contributed by atoms with E-state index in [9.17, 15) is 9.59 Å². The molecule has 0 spiro atoms. The SMILES string of the molecule is CSc1cc(CNC(=O)N2CCC(C(=O)O)CC2)ccn1. The molecule has 0 saturated carbocycles. The smallest absolute Gasteiger partial charge is 0.317 e. The number of carboxylic acids is 1. The van der Waals surface area contributed by atoms with Crippen molar-refractivity contribution in [3.05, 3.63) is 23.9 Å². The average Bonchev–Trinajstić information content (AvgIpc) is 2.53. The highest BCUT2D eigenvalue weighted by Crippen LogP contribution is 2.17. The van der Waals surface area contributed by atoms with Crippen molar-refractivity contribution in [3.63, 3.8) is 0 Å². The number of thioether (sulfide) groups is 1. The summed E-state index contributed by atoms with van der Waals surface area (Å²) in [6.07, 6.45) is 4.73. The number of hydrogen-bond donors (Lipinski definition) is 2. The summed E-state index contributed by atoms with van der Waals surface area (Å²) >= 11 is 1.56. The zero-order chi connectivity index (χ0) is 15.2. The van der Waals surface area contributed by atoms with E-state index in [1.807, 2.05) is 18.4 Å². The Labute approximate surface area is 127 Å². The summed E-state index contributed by atoms with van der Waals surface area (Å²) < 4.78 is 0. The monoisotopic (exact) mass is 309 g/mol. The minimum Gasteiger partial charge on any atom is -0.481 e. The van der Waals surface area contributed by atoms with Crippen molar-refractivity contribution in [2.24, 2.45) is 5.92 Å². The predicted molar refractivity (Wildman–Crippen MR) is 80.2 cm³/mol. The number of nitrogens with one attached hydrogen (secondary N) is 1. The first-order chi connectivity index (χ1) is 10.1. The predicted octanol–water partition coefficient (Wildman–Crippen LogP) is 1.81. The molecule has 1 aliphatic rings. The van der Waals surface area contributed by atoms with Gasteiger partial charge in [-0.1, -0.05) is 0 Å². The Morgan fingerprint density at radius 3 is 2.81 bits per heavy atom. The van der Waals surface area contributed by atoms with Crippen LogP contribution >= 0.6 is 11.8 Å². The van der Waals surface area contributed by atoms with E-state index < -0.39 is 5.97 Å². The lowest BCUT2D eigenvalue weighted by Crippen LogP contribution is -2.45. The van der Waals surface area contributed by atoms with Crippen molar-refractivity contribution in [1.29, 1.82) is 0 Å². The number of aromatic nitrogens is 1. The highest BCUT2D eigenvalue weighted by Gasteiger charge is 2.26. The molecule has 0 unspecified atom stereocenters. The Morgan fingerprint density at radius 1 is 1.48 bits per heavy atom. The summed E-state index contributed by atoms with van der Waals surface area (Å²) in [4.78, 5) is 28.8. The van der Waals surface area contributed by atoms with E-state index in [2.05, 4.69) is 10.3 Å². The Balaban J connectivity index is 1.81. The number of carboxylic acid groups (broad SMARTS) is 1. The second-order valence-electron chi connectivity index (χ2n) is 4.96. The number of carbonyl (C=O) groups excluding carboxylic acids is 1. The minimum absolute atomic E-state index is 0.138. The molecule has 7 heteroatoms. The number of pyridine rings is 1. The number of aliphatic carboxylic acids is 1. The Hall–Kier alpha value is -1.76. The molecule has 21 heavy (non-hydrogen) atoms. The first kappa shape index (κ1) is 15.6. The molecule has 0 bridgehead atoms. The van der Waals surface area contributed by atoms with Crippen molar-refractivity contribution in [2.45, 2.75) is 24.4 Å². The molecule has 2 heterocycles. The summed E-state index contributed by atoms with van der Waals surface area (Å²) in [5.41, 5.74) is 1.00. The van der Waals surface area contributed by atoms with Gasteiger partial charge in [0, 0.05) is 25.8 Å². The number of nitrogens with zero attached hydrogens (tertiary/aromatic N) is 2. The molecule has 2 rings (SSSR count). The van der Waals surface area contributed by atoms with Gasteiger partial charge in [-0.25, -0.2) is 9.78 Å². The molecule has 114 valence electrons. The van der Waals surface area contributed by atoms with Gasteiger partial charge in [0.25, 0.3) is 0 Å². The third-order valence-electron chi connectivity index (χ3n) is 3.58. The van der Waals surface area contributed by atoms with Crippen LogP contribution in [-0.2, 0) is 11.3 Å². The second kappa shape index (κ2) is 7.31. The van der Waals surface area contributed by atoms with Gasteiger partial charge in [-0.2, -0.15) is 0 Å². The van der Waals surface area contributed by atoms with Crippen molar-refractivity contribution in [3.8, 4) is 0 Å². The summed E-state index contributed by atoms with van der Waals surface area (Å²) in [6, 6.07) is 3.68. The average molecular weight is 309 g/mol. The Kier molecular flexibility index (Phi) is 5.44. The van der Waals surface area contributed by atoms with Crippen molar-refractivity contribution < 1.29 is 14.7 Å². The topological polar surface area (TPSA) is 82.5 Å². The van der Waals surface area contributed by atoms with Gasteiger partial charge < -0.3 is 15.3 Å². The summed E-state index contributed by atoms with van der Waals surface area (Å²) in [7, 11) is 0. The molecule has 1 saturated heterocycles. The molecule has 1 aromatic rings. The molecule has 1 aliphatic heterocycles. The molecule has 2 N–H and O–H groups in total. The Morgan fingerprint density at radius 2 is 2.19 bits per heavy atom. The molecule has 0 radical (unpaired) electrons. The molecular weight excluding hydrogens is 290 g/mol. The van der Waals surface area contributed by atoms with E-state index >= 15 is 0 Å². The molecule has 1 aromatic heterocycles. The van der Waals surface area contributed by atoms with Crippen LogP contribution in [0.15, 0.2) is 23.4 Å². The number of hydrogen-bond acceptors (Lipinski definition) is 4. The normalized spacial score (nSPS) is 15.8. The zero-order valence-corrected chi connectivity index (χ0v) is 12.7. The van der Waals surface area contributed by atoms with Crippen LogP contribution in [0.25, 0.3) is 0 Å². The van der Waals surface area contributed by atoms with Gasteiger partial charge in [-0.05, 0) is 36.8 Å². The lowest BCUT2D eigenvalue weighted by atomic mass is 9.97. The first-order valence-corrected chi connectivity index (χ1v) is 8.07. The molecular formula is C14H19N3O3S. The van der Waals surface area contributed by atoms with Crippen LogP contribution in [0.4, 0.5) is 4.79 Å². The van der Waals surface area contributed by atoms with E-state index in [1.54, 1.807) is 22.9 Å². The quantitative estimate of drug-likeness (QED) is 0.829. The number of rotatable bonds is 4. The third-order valence-corrected chi connectivity index (χ3v) is 4.23. The van der Waals surface area contributed by atoms with Gasteiger partial charge in [0.2, 0.25) is 0 Å². The van der Waals surface area contributed by atoms with Crippen LogP contribution < -0.4 is 5.32 Å². The first-order valence-electron chi connectivity index (χ1n) is 6.84. The second-order valence-corrected chi connectivity index (χ2v) is 5.79. The number of piperidine rings is 1. The van der Waals surface area contributed by atoms with Crippen LogP contribution in [0.3, 0.4) is 0 Å². The molecule has 0 atom stereocenters. The van der Waals surface area contributed by atoms with Crippen molar-refractivity contribution in [1.82, 2.24) is 15.2 Å². The van der Waals surface area contributed by atoms with Gasteiger partial charge in [0.05, 0.1) is 10.9 Å². The van der Waals surface area contributed by atoms with Crippen LogP contribution in [0, 0.1) is 5.92 Å². The van der Waals surface area contributed by atoms with Gasteiger partial charge in [-0.15, -0.1) is 11.8 Å². The van der Waals surface area contributed by atoms with Crippen LogP contribution in [-0.4, -0.2) is 46.3 Å². The van der Waals surface area contributed by atoms with E-state index in [1.165, 1.54) is 0 Å². The third kappa shape index (κ3) is 4.35. The Bertz CT molecular complexity index is 516. The van der Waals surface area contributed by atoms with Crippen LogP contribution in [0.2, 0.25) is 0 Å².